The fourth-order valence-corrected chi connectivity index (χ4v) is 2.88. The highest BCUT2D eigenvalue weighted by atomic mass is 16.2. The van der Waals surface area contributed by atoms with Crippen LogP contribution in [0.3, 0.4) is 0 Å². The third-order valence-corrected chi connectivity index (χ3v) is 4.47. The van der Waals surface area contributed by atoms with Crippen molar-refractivity contribution in [1.82, 2.24) is 10.6 Å². The van der Waals surface area contributed by atoms with Crippen molar-refractivity contribution in [2.45, 2.75) is 44.9 Å². The van der Waals surface area contributed by atoms with Crippen LogP contribution in [0.2, 0.25) is 0 Å². The molecule has 0 bridgehead atoms. The molecular weight excluding hydrogens is 254 g/mol. The SMILES string of the molecule is NCC1CCC(CC(=O)NCCNC(=O)C2CC2)CC1. The molecule has 2 fully saturated rings. The standard InChI is InChI=1S/C15H27N3O2/c16-10-12-3-1-11(2-4-12)9-14(19)17-7-8-18-15(20)13-5-6-13/h11-13H,1-10,16H2,(H,17,19)(H,18,20). The van der Waals surface area contributed by atoms with Crippen LogP contribution in [0.15, 0.2) is 0 Å². The van der Waals surface area contributed by atoms with Gasteiger partial charge in [-0.1, -0.05) is 0 Å². The molecule has 0 heterocycles. The molecule has 2 aliphatic rings. The molecule has 114 valence electrons. The minimum atomic E-state index is 0.113. The Labute approximate surface area is 121 Å². The van der Waals surface area contributed by atoms with Crippen LogP contribution in [0.1, 0.15) is 44.9 Å². The summed E-state index contributed by atoms with van der Waals surface area (Å²) in [5.41, 5.74) is 5.67. The van der Waals surface area contributed by atoms with Gasteiger partial charge in [-0.15, -0.1) is 0 Å². The van der Waals surface area contributed by atoms with E-state index in [2.05, 4.69) is 10.6 Å². The number of carbonyl (C=O) groups is 2. The molecule has 20 heavy (non-hydrogen) atoms. The van der Waals surface area contributed by atoms with E-state index >= 15 is 0 Å². The molecule has 2 aliphatic carbocycles. The highest BCUT2D eigenvalue weighted by Gasteiger charge is 2.29. The fourth-order valence-electron chi connectivity index (χ4n) is 2.88. The molecule has 0 radical (unpaired) electrons. The summed E-state index contributed by atoms with van der Waals surface area (Å²) in [6.07, 6.45) is 7.21. The number of hydrogen-bond acceptors (Lipinski definition) is 3. The van der Waals surface area contributed by atoms with Gasteiger partial charge >= 0.3 is 0 Å². The Balaban J connectivity index is 1.50. The molecule has 0 aromatic rings. The molecule has 0 aromatic carbocycles. The number of carbonyl (C=O) groups excluding carboxylic acids is 2. The maximum atomic E-state index is 11.8. The summed E-state index contributed by atoms with van der Waals surface area (Å²) in [6.45, 7) is 1.86. The van der Waals surface area contributed by atoms with Gasteiger partial charge in [-0.05, 0) is 56.9 Å². The van der Waals surface area contributed by atoms with Gasteiger partial charge in [0.1, 0.15) is 0 Å². The van der Waals surface area contributed by atoms with Gasteiger partial charge in [-0.3, -0.25) is 9.59 Å². The normalized spacial score (nSPS) is 26.1. The monoisotopic (exact) mass is 281 g/mol. The van der Waals surface area contributed by atoms with Crippen molar-refractivity contribution in [3.05, 3.63) is 0 Å². The quantitative estimate of drug-likeness (QED) is 0.603. The zero-order valence-electron chi connectivity index (χ0n) is 12.2. The van der Waals surface area contributed by atoms with Crippen LogP contribution in [0.25, 0.3) is 0 Å². The maximum Gasteiger partial charge on any atom is 0.223 e. The third-order valence-electron chi connectivity index (χ3n) is 4.47. The van der Waals surface area contributed by atoms with E-state index in [1.807, 2.05) is 0 Å². The van der Waals surface area contributed by atoms with Gasteiger partial charge < -0.3 is 16.4 Å². The molecule has 0 atom stereocenters. The molecule has 5 nitrogen and oxygen atoms in total. The summed E-state index contributed by atoms with van der Waals surface area (Å²) in [6, 6.07) is 0. The Bertz CT molecular complexity index is 334. The van der Waals surface area contributed by atoms with Crippen molar-refractivity contribution in [2.24, 2.45) is 23.5 Å². The van der Waals surface area contributed by atoms with E-state index in [1.165, 1.54) is 0 Å². The lowest BCUT2D eigenvalue weighted by Gasteiger charge is -2.27. The molecular formula is C15H27N3O2. The lowest BCUT2D eigenvalue weighted by molar-refractivity contribution is -0.124. The van der Waals surface area contributed by atoms with E-state index in [9.17, 15) is 9.59 Å². The number of nitrogens with one attached hydrogen (secondary N) is 2. The molecule has 4 N–H and O–H groups in total. The minimum Gasteiger partial charge on any atom is -0.354 e. The molecule has 2 rings (SSSR count). The van der Waals surface area contributed by atoms with Gasteiger partial charge in [0, 0.05) is 25.4 Å². The van der Waals surface area contributed by atoms with Crippen molar-refractivity contribution >= 4 is 11.8 Å². The molecule has 0 saturated heterocycles. The van der Waals surface area contributed by atoms with E-state index in [-0.39, 0.29) is 17.7 Å². The molecule has 5 heteroatoms. The average Bonchev–Trinajstić information content (AvgIpc) is 3.29. The van der Waals surface area contributed by atoms with E-state index in [1.54, 1.807) is 0 Å². The summed E-state index contributed by atoms with van der Waals surface area (Å²) in [4.78, 5) is 23.2. The summed E-state index contributed by atoms with van der Waals surface area (Å²) in [7, 11) is 0. The van der Waals surface area contributed by atoms with Crippen LogP contribution in [0.4, 0.5) is 0 Å². The van der Waals surface area contributed by atoms with E-state index in [0.29, 0.717) is 31.3 Å². The molecule has 2 saturated carbocycles. The molecule has 0 aromatic heterocycles. The van der Waals surface area contributed by atoms with Crippen molar-refractivity contribution < 1.29 is 9.59 Å². The first-order valence-electron chi connectivity index (χ1n) is 7.93. The smallest absolute Gasteiger partial charge is 0.223 e. The maximum absolute atomic E-state index is 11.8. The van der Waals surface area contributed by atoms with Crippen molar-refractivity contribution in [3.63, 3.8) is 0 Å². The number of hydrogen-bond donors (Lipinski definition) is 3. The van der Waals surface area contributed by atoms with E-state index < -0.39 is 0 Å². The van der Waals surface area contributed by atoms with E-state index in [4.69, 9.17) is 5.73 Å². The zero-order chi connectivity index (χ0) is 14.4. The summed E-state index contributed by atoms with van der Waals surface area (Å²) < 4.78 is 0. The van der Waals surface area contributed by atoms with Crippen molar-refractivity contribution in [2.75, 3.05) is 19.6 Å². The number of nitrogens with two attached hydrogens (primary N) is 1. The first kappa shape index (κ1) is 15.3. The third kappa shape index (κ3) is 5.12. The van der Waals surface area contributed by atoms with Gasteiger partial charge in [0.25, 0.3) is 0 Å². The Morgan fingerprint density at radius 1 is 0.900 bits per heavy atom. The Hall–Kier alpha value is -1.10. The van der Waals surface area contributed by atoms with Crippen LogP contribution in [-0.4, -0.2) is 31.4 Å². The van der Waals surface area contributed by atoms with Crippen molar-refractivity contribution in [1.29, 1.82) is 0 Å². The molecule has 0 spiro atoms. The van der Waals surface area contributed by atoms with Gasteiger partial charge in [0.2, 0.25) is 11.8 Å². The van der Waals surface area contributed by atoms with Gasteiger partial charge in [-0.2, -0.15) is 0 Å². The number of amides is 2. The van der Waals surface area contributed by atoms with Crippen LogP contribution in [0, 0.1) is 17.8 Å². The lowest BCUT2D eigenvalue weighted by atomic mass is 9.80. The second-order valence-corrected chi connectivity index (χ2v) is 6.24. The first-order chi connectivity index (χ1) is 9.69. The minimum absolute atomic E-state index is 0.113. The Morgan fingerprint density at radius 3 is 2.10 bits per heavy atom. The summed E-state index contributed by atoms with van der Waals surface area (Å²) in [5.74, 6) is 1.66. The van der Waals surface area contributed by atoms with Crippen LogP contribution in [-0.2, 0) is 9.59 Å². The molecule has 0 aliphatic heterocycles. The molecule has 0 unspecified atom stereocenters. The zero-order valence-corrected chi connectivity index (χ0v) is 12.2. The van der Waals surface area contributed by atoms with Gasteiger partial charge in [-0.25, -0.2) is 0 Å². The van der Waals surface area contributed by atoms with Gasteiger partial charge in [0.05, 0.1) is 0 Å². The second kappa shape index (κ2) is 7.62. The topological polar surface area (TPSA) is 84.2 Å². The van der Waals surface area contributed by atoms with Crippen LogP contribution >= 0.6 is 0 Å². The highest BCUT2D eigenvalue weighted by Crippen LogP contribution is 2.30. The lowest BCUT2D eigenvalue weighted by Crippen LogP contribution is -2.36. The first-order valence-corrected chi connectivity index (χ1v) is 7.93. The number of rotatable bonds is 7. The Morgan fingerprint density at radius 2 is 1.50 bits per heavy atom. The predicted octanol–water partition coefficient (Wildman–Crippen LogP) is 0.784. The van der Waals surface area contributed by atoms with Gasteiger partial charge in [0.15, 0.2) is 0 Å². The summed E-state index contributed by atoms with van der Waals surface area (Å²) >= 11 is 0. The largest absolute Gasteiger partial charge is 0.354 e. The highest BCUT2D eigenvalue weighted by molar-refractivity contribution is 5.81. The van der Waals surface area contributed by atoms with Crippen LogP contribution in [0.5, 0.6) is 0 Å². The van der Waals surface area contributed by atoms with Crippen LogP contribution < -0.4 is 16.4 Å². The van der Waals surface area contributed by atoms with Crippen molar-refractivity contribution in [3.8, 4) is 0 Å². The predicted molar refractivity (Wildman–Crippen MR) is 77.9 cm³/mol. The summed E-state index contributed by atoms with van der Waals surface area (Å²) in [5, 5.41) is 5.74. The van der Waals surface area contributed by atoms with E-state index in [0.717, 1.165) is 45.1 Å². The Kier molecular flexibility index (Phi) is 5.83. The molecule has 2 amide bonds. The fraction of sp³-hybridized carbons (Fsp3) is 0.867. The average molecular weight is 281 g/mol. The second-order valence-electron chi connectivity index (χ2n) is 6.24.